The van der Waals surface area contributed by atoms with Gasteiger partial charge in [0.1, 0.15) is 0 Å². The third kappa shape index (κ3) is 2.69. The van der Waals surface area contributed by atoms with Gasteiger partial charge in [0, 0.05) is 23.8 Å². The monoisotopic (exact) mass is 364 g/mol. The van der Waals surface area contributed by atoms with Crippen molar-refractivity contribution in [1.29, 1.82) is 0 Å². The number of rotatable bonds is 4. The van der Waals surface area contributed by atoms with Gasteiger partial charge in [-0.3, -0.25) is 9.59 Å². The van der Waals surface area contributed by atoms with Crippen molar-refractivity contribution in [2.24, 2.45) is 5.92 Å². The summed E-state index contributed by atoms with van der Waals surface area (Å²) in [5.74, 6) is 0.166. The zero-order chi connectivity index (χ0) is 16.6. The third-order valence-electron chi connectivity index (χ3n) is 4.93. The average molecular weight is 364 g/mol. The normalized spacial score (nSPS) is 25.7. The Morgan fingerprint density at radius 2 is 2.00 bits per heavy atom. The Labute approximate surface area is 146 Å². The van der Waals surface area contributed by atoms with E-state index in [4.69, 9.17) is 0 Å². The fraction of sp³-hybridized carbons (Fsp3) is 0.571. The molecule has 1 aliphatic carbocycles. The molecular weight excluding hydrogens is 348 g/mol. The molecule has 1 N–H and O–H groups in total. The van der Waals surface area contributed by atoms with Crippen molar-refractivity contribution in [1.82, 2.24) is 29.4 Å². The van der Waals surface area contributed by atoms with Crippen LogP contribution < -0.4 is 5.32 Å². The highest BCUT2D eigenvalue weighted by Gasteiger charge is 2.50. The molecule has 3 heterocycles. The quantitative estimate of drug-likeness (QED) is 0.875. The lowest BCUT2D eigenvalue weighted by molar-refractivity contribution is 0.0551. The first kappa shape index (κ1) is 15.6. The van der Waals surface area contributed by atoms with E-state index in [2.05, 4.69) is 24.5 Å². The van der Waals surface area contributed by atoms with E-state index in [-0.39, 0.29) is 17.4 Å². The minimum absolute atomic E-state index is 0.0854. The number of likely N-dealkylation sites (tertiary alicyclic amines) is 1. The van der Waals surface area contributed by atoms with E-state index in [1.807, 2.05) is 4.90 Å². The second-order valence-corrected chi connectivity index (χ2v) is 7.59. The van der Waals surface area contributed by atoms with Crippen LogP contribution in [0.5, 0.6) is 0 Å². The number of fused-ring (bicyclic) bond motifs is 2. The standard InChI is InChI=1S/C14H16N6O2S2/c21-12(10-6-23-18-16-10)15-8-14-3-1-2-9(4-14)5-20(14)13(22)11-7-24-19-17-11/h6-7,9H,1-5,8H2,(H,15,21). The smallest absolute Gasteiger partial charge is 0.275 e. The minimum atomic E-state index is -0.331. The molecule has 4 rings (SSSR count). The van der Waals surface area contributed by atoms with Crippen molar-refractivity contribution >= 4 is 34.9 Å². The summed E-state index contributed by atoms with van der Waals surface area (Å²) in [4.78, 5) is 26.9. The maximum Gasteiger partial charge on any atom is 0.275 e. The van der Waals surface area contributed by atoms with Crippen LogP contribution in [0.4, 0.5) is 0 Å². The highest BCUT2D eigenvalue weighted by Crippen LogP contribution is 2.44. The van der Waals surface area contributed by atoms with Crippen LogP contribution in [0.3, 0.4) is 0 Å². The van der Waals surface area contributed by atoms with Crippen LogP contribution in [0, 0.1) is 5.92 Å². The summed E-state index contributed by atoms with van der Waals surface area (Å²) >= 11 is 2.32. The fourth-order valence-corrected chi connectivity index (χ4v) is 4.73. The second-order valence-electron chi connectivity index (χ2n) is 6.37. The summed E-state index contributed by atoms with van der Waals surface area (Å²) < 4.78 is 7.50. The maximum atomic E-state index is 12.8. The molecule has 10 heteroatoms. The van der Waals surface area contributed by atoms with E-state index < -0.39 is 0 Å². The number of hydrogen-bond acceptors (Lipinski definition) is 8. The highest BCUT2D eigenvalue weighted by molar-refractivity contribution is 7.03. The van der Waals surface area contributed by atoms with Gasteiger partial charge in [-0.05, 0) is 48.2 Å². The van der Waals surface area contributed by atoms with Crippen LogP contribution in [-0.2, 0) is 0 Å². The summed E-state index contributed by atoms with van der Waals surface area (Å²) in [5.41, 5.74) is 0.383. The molecule has 0 radical (unpaired) electrons. The molecular formula is C14H16N6O2S2. The first-order valence-corrected chi connectivity index (χ1v) is 9.49. The predicted octanol–water partition coefficient (Wildman–Crippen LogP) is 1.20. The average Bonchev–Trinajstić information content (AvgIpc) is 3.33. The molecule has 1 saturated carbocycles. The lowest BCUT2D eigenvalue weighted by atomic mass is 9.79. The summed E-state index contributed by atoms with van der Waals surface area (Å²) in [7, 11) is 0. The van der Waals surface area contributed by atoms with Gasteiger partial charge < -0.3 is 10.2 Å². The molecule has 1 aliphatic heterocycles. The maximum absolute atomic E-state index is 12.8. The molecule has 0 aromatic carbocycles. The lowest BCUT2D eigenvalue weighted by Gasteiger charge is -2.39. The highest BCUT2D eigenvalue weighted by atomic mass is 32.1. The van der Waals surface area contributed by atoms with Gasteiger partial charge in [0.2, 0.25) is 0 Å². The van der Waals surface area contributed by atoms with Crippen LogP contribution in [0.1, 0.15) is 46.7 Å². The number of nitrogens with one attached hydrogen (secondary N) is 1. The van der Waals surface area contributed by atoms with Crippen molar-refractivity contribution in [3.05, 3.63) is 22.1 Å². The number of amides is 2. The van der Waals surface area contributed by atoms with Crippen molar-refractivity contribution in [3.63, 3.8) is 0 Å². The summed E-state index contributed by atoms with van der Waals surface area (Å²) in [6, 6.07) is 0. The van der Waals surface area contributed by atoms with Gasteiger partial charge in [-0.15, -0.1) is 10.2 Å². The summed E-state index contributed by atoms with van der Waals surface area (Å²) in [6.45, 7) is 1.16. The van der Waals surface area contributed by atoms with Crippen LogP contribution >= 0.6 is 23.1 Å². The topological polar surface area (TPSA) is 101 Å². The van der Waals surface area contributed by atoms with Gasteiger partial charge in [0.05, 0.1) is 5.54 Å². The second kappa shape index (κ2) is 6.17. The lowest BCUT2D eigenvalue weighted by Crippen LogP contribution is -2.54. The first-order chi connectivity index (χ1) is 11.7. The van der Waals surface area contributed by atoms with Crippen molar-refractivity contribution < 1.29 is 9.59 Å². The van der Waals surface area contributed by atoms with Gasteiger partial charge in [-0.25, -0.2) is 0 Å². The molecule has 24 heavy (non-hydrogen) atoms. The number of aromatic nitrogens is 4. The van der Waals surface area contributed by atoms with Gasteiger partial charge in [0.15, 0.2) is 11.4 Å². The molecule has 2 bridgehead atoms. The van der Waals surface area contributed by atoms with Crippen molar-refractivity contribution in [3.8, 4) is 0 Å². The zero-order valence-corrected chi connectivity index (χ0v) is 14.5. The van der Waals surface area contributed by atoms with Crippen LogP contribution in [-0.4, -0.2) is 54.5 Å². The number of hydrogen-bond donors (Lipinski definition) is 1. The number of nitrogens with zero attached hydrogens (tertiary/aromatic N) is 5. The molecule has 2 unspecified atom stereocenters. The first-order valence-electron chi connectivity index (χ1n) is 7.82. The molecule has 126 valence electrons. The van der Waals surface area contributed by atoms with Gasteiger partial charge >= 0.3 is 0 Å². The fourth-order valence-electron chi connectivity index (χ4n) is 3.86. The number of carbonyl (C=O) groups excluding carboxylic acids is 2. The SMILES string of the molecule is O=C(NCC12CCCC(CN1C(=O)c1csnn1)C2)c1csnn1. The Bertz CT molecular complexity index is 735. The Morgan fingerprint density at radius 1 is 1.25 bits per heavy atom. The summed E-state index contributed by atoms with van der Waals surface area (Å²) in [5, 5.41) is 13.9. The molecule has 1 saturated heterocycles. The van der Waals surface area contributed by atoms with Crippen LogP contribution in [0.15, 0.2) is 10.8 Å². The van der Waals surface area contributed by atoms with E-state index in [0.29, 0.717) is 23.9 Å². The molecule has 2 aromatic heterocycles. The van der Waals surface area contributed by atoms with Crippen LogP contribution in [0.25, 0.3) is 0 Å². The molecule has 2 fully saturated rings. The Balaban J connectivity index is 1.53. The van der Waals surface area contributed by atoms with Crippen molar-refractivity contribution in [2.45, 2.75) is 31.2 Å². The molecule has 2 aliphatic rings. The molecule has 2 amide bonds. The predicted molar refractivity (Wildman–Crippen MR) is 87.9 cm³/mol. The van der Waals surface area contributed by atoms with Gasteiger partial charge in [-0.2, -0.15) is 0 Å². The number of carbonyl (C=O) groups is 2. The van der Waals surface area contributed by atoms with E-state index in [1.165, 1.54) is 11.5 Å². The Kier molecular flexibility index (Phi) is 4.01. The Morgan fingerprint density at radius 3 is 2.71 bits per heavy atom. The zero-order valence-electron chi connectivity index (χ0n) is 12.8. The third-order valence-corrected chi connectivity index (χ3v) is 5.94. The molecule has 0 spiro atoms. The van der Waals surface area contributed by atoms with E-state index in [0.717, 1.165) is 43.8 Å². The Hall–Kier alpha value is -1.94. The largest absolute Gasteiger partial charge is 0.348 e. The molecule has 2 atom stereocenters. The van der Waals surface area contributed by atoms with Crippen LogP contribution in [0.2, 0.25) is 0 Å². The van der Waals surface area contributed by atoms with E-state index >= 15 is 0 Å². The van der Waals surface area contributed by atoms with E-state index in [9.17, 15) is 9.59 Å². The van der Waals surface area contributed by atoms with Gasteiger partial charge in [-0.1, -0.05) is 15.4 Å². The van der Waals surface area contributed by atoms with Crippen molar-refractivity contribution in [2.75, 3.05) is 13.1 Å². The minimum Gasteiger partial charge on any atom is -0.348 e. The van der Waals surface area contributed by atoms with E-state index in [1.54, 1.807) is 10.8 Å². The van der Waals surface area contributed by atoms with Gasteiger partial charge in [0.25, 0.3) is 11.8 Å². The molecule has 8 nitrogen and oxygen atoms in total. The summed E-state index contributed by atoms with van der Waals surface area (Å²) in [6.07, 6.45) is 4.01. The molecule has 2 aromatic rings.